The Kier molecular flexibility index (Phi) is 2.86. The lowest BCUT2D eigenvalue weighted by Crippen LogP contribution is -2.37. The molecule has 2 aliphatic rings. The van der Waals surface area contributed by atoms with Gasteiger partial charge in [0.05, 0.1) is 17.5 Å². The minimum Gasteiger partial charge on any atom is -0.376 e. The molecule has 1 saturated heterocycles. The highest BCUT2D eigenvalue weighted by Crippen LogP contribution is 2.38. The summed E-state index contributed by atoms with van der Waals surface area (Å²) in [5.74, 6) is 0.813. The van der Waals surface area contributed by atoms with Gasteiger partial charge in [0.2, 0.25) is 0 Å². The van der Waals surface area contributed by atoms with Crippen LogP contribution in [0.3, 0.4) is 0 Å². The number of thiazole rings is 1. The van der Waals surface area contributed by atoms with E-state index in [0.717, 1.165) is 36.1 Å². The summed E-state index contributed by atoms with van der Waals surface area (Å²) in [5.41, 5.74) is 2.43. The number of aryl methyl sites for hydroxylation is 1. The molecule has 2 unspecified atom stereocenters. The summed E-state index contributed by atoms with van der Waals surface area (Å²) in [4.78, 5) is 5.69. The molecular weight excluding hydrogens is 258 g/mol. The topological polar surface area (TPSA) is 38.6 Å². The molecule has 1 N–H and O–H groups in total. The zero-order chi connectivity index (χ0) is 12.8. The van der Waals surface area contributed by atoms with Crippen LogP contribution >= 0.6 is 11.3 Å². The third-order valence-electron chi connectivity index (χ3n) is 4.32. The van der Waals surface area contributed by atoms with E-state index >= 15 is 0 Å². The number of imidazole rings is 1. The maximum Gasteiger partial charge on any atom is 0.194 e. The molecule has 0 aromatic carbocycles. The fraction of sp³-hybridized carbons (Fsp3) is 0.643. The fourth-order valence-electron chi connectivity index (χ4n) is 3.10. The van der Waals surface area contributed by atoms with Crippen LogP contribution in [0.5, 0.6) is 0 Å². The van der Waals surface area contributed by atoms with E-state index in [-0.39, 0.29) is 0 Å². The van der Waals surface area contributed by atoms with Crippen molar-refractivity contribution in [3.63, 3.8) is 0 Å². The second-order valence-electron chi connectivity index (χ2n) is 5.65. The number of aromatic nitrogens is 2. The van der Waals surface area contributed by atoms with E-state index in [2.05, 4.69) is 33.2 Å². The van der Waals surface area contributed by atoms with Crippen molar-refractivity contribution < 1.29 is 4.74 Å². The van der Waals surface area contributed by atoms with E-state index < -0.39 is 0 Å². The van der Waals surface area contributed by atoms with Crippen LogP contribution in [0.4, 0.5) is 0 Å². The third kappa shape index (κ3) is 2.10. The second-order valence-corrected chi connectivity index (χ2v) is 6.52. The fourth-order valence-corrected chi connectivity index (χ4v) is 3.88. The van der Waals surface area contributed by atoms with Gasteiger partial charge in [-0.25, -0.2) is 4.98 Å². The molecule has 19 heavy (non-hydrogen) atoms. The quantitative estimate of drug-likeness (QED) is 0.932. The molecule has 2 fully saturated rings. The minimum absolute atomic E-state index is 0.450. The summed E-state index contributed by atoms with van der Waals surface area (Å²) in [5, 5.41) is 5.79. The Hall–Kier alpha value is -0.910. The van der Waals surface area contributed by atoms with Crippen LogP contribution in [-0.4, -0.2) is 28.1 Å². The lowest BCUT2D eigenvalue weighted by molar-refractivity contribution is 0.0808. The first-order valence-electron chi connectivity index (χ1n) is 7.09. The molecule has 4 nitrogen and oxygen atoms in total. The molecule has 0 radical (unpaired) electrons. The second kappa shape index (κ2) is 4.58. The third-order valence-corrected chi connectivity index (χ3v) is 5.07. The Balaban J connectivity index is 1.49. The molecular formula is C14H19N3OS. The van der Waals surface area contributed by atoms with Crippen LogP contribution in [0.25, 0.3) is 4.96 Å². The molecule has 2 aromatic heterocycles. The summed E-state index contributed by atoms with van der Waals surface area (Å²) in [6.45, 7) is 3.90. The van der Waals surface area contributed by atoms with E-state index in [1.165, 1.54) is 18.5 Å². The van der Waals surface area contributed by atoms with Crippen LogP contribution < -0.4 is 5.32 Å². The molecule has 0 spiro atoms. The Morgan fingerprint density at radius 2 is 2.37 bits per heavy atom. The van der Waals surface area contributed by atoms with Crippen molar-refractivity contribution >= 4 is 16.3 Å². The zero-order valence-electron chi connectivity index (χ0n) is 11.1. The molecule has 4 rings (SSSR count). The number of rotatable bonds is 4. The lowest BCUT2D eigenvalue weighted by atomic mass is 10.1. The van der Waals surface area contributed by atoms with Crippen molar-refractivity contribution in [1.29, 1.82) is 0 Å². The summed E-state index contributed by atoms with van der Waals surface area (Å²) in [6.07, 6.45) is 6.41. The number of nitrogens with zero attached hydrogens (tertiary/aromatic N) is 2. The van der Waals surface area contributed by atoms with Gasteiger partial charge in [0.1, 0.15) is 0 Å². The van der Waals surface area contributed by atoms with Crippen molar-refractivity contribution in [1.82, 2.24) is 14.7 Å². The van der Waals surface area contributed by atoms with Crippen LogP contribution in [0, 0.1) is 12.8 Å². The van der Waals surface area contributed by atoms with E-state index in [4.69, 9.17) is 4.74 Å². The molecule has 2 atom stereocenters. The van der Waals surface area contributed by atoms with E-state index in [1.807, 2.05) is 0 Å². The number of fused-ring (bicyclic) bond motifs is 1. The van der Waals surface area contributed by atoms with E-state index in [1.54, 1.807) is 11.3 Å². The molecule has 1 aliphatic heterocycles. The first-order chi connectivity index (χ1) is 9.33. The molecule has 3 heterocycles. The first-order valence-corrected chi connectivity index (χ1v) is 7.97. The van der Waals surface area contributed by atoms with Gasteiger partial charge >= 0.3 is 0 Å². The Morgan fingerprint density at radius 3 is 3.21 bits per heavy atom. The highest BCUT2D eigenvalue weighted by molar-refractivity contribution is 7.15. The van der Waals surface area contributed by atoms with Gasteiger partial charge in [0, 0.05) is 30.8 Å². The van der Waals surface area contributed by atoms with E-state index in [0.29, 0.717) is 12.1 Å². The molecule has 2 aromatic rings. The largest absolute Gasteiger partial charge is 0.376 e. The number of nitrogens with one attached hydrogen (secondary N) is 1. The van der Waals surface area contributed by atoms with Crippen LogP contribution in [0.15, 0.2) is 11.6 Å². The summed E-state index contributed by atoms with van der Waals surface area (Å²) >= 11 is 1.70. The molecule has 102 valence electrons. The molecule has 5 heteroatoms. The molecule has 1 saturated carbocycles. The van der Waals surface area contributed by atoms with Crippen molar-refractivity contribution in [2.45, 2.75) is 44.9 Å². The Morgan fingerprint density at radius 1 is 1.47 bits per heavy atom. The standard InChI is InChI=1S/C14H19N3OS/c1-9-12(17-5-7-19-14(17)16-9)8-15-11-4-6-18-13(11)10-2-3-10/h5,7,10-11,13,15H,2-4,6,8H2,1H3. The van der Waals surface area contributed by atoms with Gasteiger partial charge in [0.25, 0.3) is 0 Å². The Bertz CT molecular complexity index is 587. The van der Waals surface area contributed by atoms with Crippen LogP contribution in [0.1, 0.15) is 30.7 Å². The number of ether oxygens (including phenoxy) is 1. The molecule has 0 bridgehead atoms. The minimum atomic E-state index is 0.450. The van der Waals surface area contributed by atoms with Gasteiger partial charge in [-0.15, -0.1) is 11.3 Å². The van der Waals surface area contributed by atoms with Gasteiger partial charge in [0.15, 0.2) is 4.96 Å². The number of hydrogen-bond donors (Lipinski definition) is 1. The average Bonchev–Trinajstić information content (AvgIpc) is 2.83. The maximum absolute atomic E-state index is 5.88. The predicted octanol–water partition coefficient (Wildman–Crippen LogP) is 2.36. The van der Waals surface area contributed by atoms with Gasteiger partial charge < -0.3 is 10.1 Å². The van der Waals surface area contributed by atoms with Gasteiger partial charge in [-0.3, -0.25) is 4.40 Å². The number of hydrogen-bond acceptors (Lipinski definition) is 4. The van der Waals surface area contributed by atoms with Gasteiger partial charge in [-0.05, 0) is 32.1 Å². The van der Waals surface area contributed by atoms with Crippen molar-refractivity contribution in [3.8, 4) is 0 Å². The zero-order valence-corrected chi connectivity index (χ0v) is 11.9. The van der Waals surface area contributed by atoms with Gasteiger partial charge in [-0.1, -0.05) is 0 Å². The predicted molar refractivity (Wildman–Crippen MR) is 75.5 cm³/mol. The Labute approximate surface area is 116 Å². The van der Waals surface area contributed by atoms with E-state index in [9.17, 15) is 0 Å². The van der Waals surface area contributed by atoms with Crippen LogP contribution in [0.2, 0.25) is 0 Å². The van der Waals surface area contributed by atoms with Crippen molar-refractivity contribution in [2.75, 3.05) is 6.61 Å². The monoisotopic (exact) mass is 277 g/mol. The van der Waals surface area contributed by atoms with Crippen molar-refractivity contribution in [3.05, 3.63) is 23.0 Å². The maximum atomic E-state index is 5.88. The lowest BCUT2D eigenvalue weighted by Gasteiger charge is -2.19. The highest BCUT2D eigenvalue weighted by Gasteiger charge is 2.40. The first kappa shape index (κ1) is 11.9. The summed E-state index contributed by atoms with van der Waals surface area (Å²) in [7, 11) is 0. The SMILES string of the molecule is Cc1nc2sccn2c1CNC1CCOC1C1CC1. The van der Waals surface area contributed by atoms with Crippen LogP contribution in [-0.2, 0) is 11.3 Å². The molecule has 1 aliphatic carbocycles. The highest BCUT2D eigenvalue weighted by atomic mass is 32.1. The smallest absolute Gasteiger partial charge is 0.194 e. The summed E-state index contributed by atoms with van der Waals surface area (Å²) < 4.78 is 8.08. The normalized spacial score (nSPS) is 27.4. The average molecular weight is 277 g/mol. The summed E-state index contributed by atoms with van der Waals surface area (Å²) in [6, 6.07) is 0.524. The van der Waals surface area contributed by atoms with Crippen molar-refractivity contribution in [2.24, 2.45) is 5.92 Å². The van der Waals surface area contributed by atoms with Gasteiger partial charge in [-0.2, -0.15) is 0 Å². The molecule has 0 amide bonds.